The first kappa shape index (κ1) is 10.4. The first-order valence-corrected chi connectivity index (χ1v) is 6.25. The van der Waals surface area contributed by atoms with Gasteiger partial charge in [0.05, 0.1) is 11.8 Å². The first-order chi connectivity index (χ1) is 8.23. The number of nitriles is 1. The monoisotopic (exact) mass is 244 g/mol. The first-order valence-electron chi connectivity index (χ1n) is 5.37. The van der Waals surface area contributed by atoms with Crippen LogP contribution in [0.5, 0.6) is 0 Å². The molecule has 0 saturated heterocycles. The van der Waals surface area contributed by atoms with Crippen LogP contribution in [-0.4, -0.2) is 4.98 Å². The molecule has 17 heavy (non-hydrogen) atoms. The average Bonchev–Trinajstić information content (AvgIpc) is 2.99. The lowest BCUT2D eigenvalue weighted by Gasteiger charge is -1.99. The molecule has 0 unspecified atom stereocenters. The maximum absolute atomic E-state index is 13.1. The predicted molar refractivity (Wildman–Crippen MR) is 64.0 cm³/mol. The van der Waals surface area contributed by atoms with E-state index in [0.29, 0.717) is 0 Å². The van der Waals surface area contributed by atoms with Gasteiger partial charge in [0.15, 0.2) is 0 Å². The molecule has 84 valence electrons. The minimum Gasteiger partial charge on any atom is -0.239 e. The van der Waals surface area contributed by atoms with Crippen molar-refractivity contribution in [1.82, 2.24) is 4.98 Å². The van der Waals surface area contributed by atoms with Gasteiger partial charge < -0.3 is 0 Å². The molecule has 1 aliphatic rings. The van der Waals surface area contributed by atoms with Crippen LogP contribution in [0.25, 0.3) is 10.6 Å². The summed E-state index contributed by atoms with van der Waals surface area (Å²) in [7, 11) is 0. The fourth-order valence-corrected chi connectivity index (χ4v) is 2.71. The average molecular weight is 244 g/mol. The SMILES string of the molecule is N#CC1(c2csc(-c3cccc(F)c3)n2)CC1. The highest BCUT2D eigenvalue weighted by Gasteiger charge is 2.47. The molecule has 0 bridgehead atoms. The normalized spacial score (nSPS) is 16.5. The lowest BCUT2D eigenvalue weighted by Crippen LogP contribution is -2.02. The smallest absolute Gasteiger partial charge is 0.123 e. The van der Waals surface area contributed by atoms with Crippen molar-refractivity contribution in [2.45, 2.75) is 18.3 Å². The summed E-state index contributed by atoms with van der Waals surface area (Å²) in [5.74, 6) is -0.263. The second-order valence-electron chi connectivity index (χ2n) is 4.24. The lowest BCUT2D eigenvalue weighted by molar-refractivity contribution is 0.628. The van der Waals surface area contributed by atoms with Crippen LogP contribution in [0.1, 0.15) is 18.5 Å². The summed E-state index contributed by atoms with van der Waals surface area (Å²) in [4.78, 5) is 4.46. The van der Waals surface area contributed by atoms with Crippen molar-refractivity contribution in [2.75, 3.05) is 0 Å². The van der Waals surface area contributed by atoms with Crippen LogP contribution in [-0.2, 0) is 5.41 Å². The van der Waals surface area contributed by atoms with Crippen molar-refractivity contribution in [3.63, 3.8) is 0 Å². The van der Waals surface area contributed by atoms with E-state index < -0.39 is 0 Å². The Bertz CT molecular complexity index is 608. The van der Waals surface area contributed by atoms with Gasteiger partial charge >= 0.3 is 0 Å². The summed E-state index contributed by atoms with van der Waals surface area (Å²) >= 11 is 1.46. The largest absolute Gasteiger partial charge is 0.239 e. The van der Waals surface area contributed by atoms with E-state index in [1.807, 2.05) is 11.4 Å². The predicted octanol–water partition coefficient (Wildman–Crippen LogP) is 3.50. The maximum atomic E-state index is 13.1. The highest BCUT2D eigenvalue weighted by molar-refractivity contribution is 7.13. The van der Waals surface area contributed by atoms with Crippen molar-refractivity contribution in [3.8, 4) is 16.6 Å². The molecule has 0 atom stereocenters. The van der Waals surface area contributed by atoms with Gasteiger partial charge in [-0.25, -0.2) is 9.37 Å². The summed E-state index contributed by atoms with van der Waals surface area (Å²) in [6.45, 7) is 0. The van der Waals surface area contributed by atoms with Gasteiger partial charge in [0.25, 0.3) is 0 Å². The van der Waals surface area contributed by atoms with Gasteiger partial charge in [-0.15, -0.1) is 11.3 Å². The molecule has 2 nitrogen and oxygen atoms in total. The Morgan fingerprint density at radius 3 is 2.88 bits per heavy atom. The molecule has 1 aromatic heterocycles. The minimum atomic E-state index is -0.359. The summed E-state index contributed by atoms with van der Waals surface area (Å²) in [5, 5.41) is 11.8. The highest BCUT2D eigenvalue weighted by atomic mass is 32.1. The zero-order valence-corrected chi connectivity index (χ0v) is 9.80. The van der Waals surface area contributed by atoms with E-state index in [2.05, 4.69) is 11.1 Å². The van der Waals surface area contributed by atoms with Gasteiger partial charge in [-0.1, -0.05) is 12.1 Å². The van der Waals surface area contributed by atoms with Crippen LogP contribution < -0.4 is 0 Å². The summed E-state index contributed by atoms with van der Waals surface area (Å²) in [5.41, 5.74) is 1.25. The molecule has 1 saturated carbocycles. The molecule has 1 heterocycles. The molecule has 0 radical (unpaired) electrons. The van der Waals surface area contributed by atoms with Crippen LogP contribution in [0.4, 0.5) is 4.39 Å². The fourth-order valence-electron chi connectivity index (χ4n) is 1.80. The van der Waals surface area contributed by atoms with E-state index in [-0.39, 0.29) is 11.2 Å². The van der Waals surface area contributed by atoms with Crippen molar-refractivity contribution in [1.29, 1.82) is 5.26 Å². The Kier molecular flexibility index (Phi) is 2.23. The summed E-state index contributed by atoms with van der Waals surface area (Å²) in [6, 6.07) is 8.69. The van der Waals surface area contributed by atoms with Crippen LogP contribution >= 0.6 is 11.3 Å². The molecule has 0 aliphatic heterocycles. The number of benzene rings is 1. The maximum Gasteiger partial charge on any atom is 0.123 e. The molecule has 0 amide bonds. The highest BCUT2D eigenvalue weighted by Crippen LogP contribution is 2.48. The topological polar surface area (TPSA) is 36.7 Å². The standard InChI is InChI=1S/C13H9FN2S/c14-10-3-1-2-9(6-10)12-16-11(7-17-12)13(8-15)4-5-13/h1-3,6-7H,4-5H2. The van der Waals surface area contributed by atoms with Crippen molar-refractivity contribution >= 4 is 11.3 Å². The Hall–Kier alpha value is -1.73. The van der Waals surface area contributed by atoms with Gasteiger partial charge in [0, 0.05) is 10.9 Å². The molecule has 1 fully saturated rings. The van der Waals surface area contributed by atoms with Crippen LogP contribution in [0.3, 0.4) is 0 Å². The molecular weight excluding hydrogens is 235 g/mol. The molecule has 3 rings (SSSR count). The van der Waals surface area contributed by atoms with Crippen LogP contribution in [0, 0.1) is 17.1 Å². The molecule has 1 aliphatic carbocycles. The Morgan fingerprint density at radius 1 is 1.41 bits per heavy atom. The van der Waals surface area contributed by atoms with Gasteiger partial charge in [0.1, 0.15) is 16.2 Å². The number of thiazole rings is 1. The van der Waals surface area contributed by atoms with Crippen LogP contribution in [0.15, 0.2) is 29.6 Å². The van der Waals surface area contributed by atoms with E-state index >= 15 is 0 Å². The number of hydrogen-bond acceptors (Lipinski definition) is 3. The molecule has 2 aromatic rings. The Morgan fingerprint density at radius 2 is 2.24 bits per heavy atom. The minimum absolute atomic E-state index is 0.263. The Balaban J connectivity index is 1.99. The third-order valence-electron chi connectivity index (χ3n) is 3.03. The zero-order chi connectivity index (χ0) is 11.9. The van der Waals surface area contributed by atoms with Gasteiger partial charge in [-0.05, 0) is 25.0 Å². The second-order valence-corrected chi connectivity index (χ2v) is 5.10. The number of aromatic nitrogens is 1. The van der Waals surface area contributed by atoms with Gasteiger partial charge in [0.2, 0.25) is 0 Å². The third kappa shape index (κ3) is 1.73. The number of halogens is 1. The summed E-state index contributed by atoms with van der Waals surface area (Å²) in [6.07, 6.45) is 1.77. The van der Waals surface area contributed by atoms with E-state index in [0.717, 1.165) is 29.1 Å². The fraction of sp³-hybridized carbons (Fsp3) is 0.231. The van der Waals surface area contributed by atoms with Crippen LogP contribution in [0.2, 0.25) is 0 Å². The third-order valence-corrected chi connectivity index (χ3v) is 3.92. The van der Waals surface area contributed by atoms with Crippen molar-refractivity contribution in [3.05, 3.63) is 41.2 Å². The molecule has 4 heteroatoms. The van der Waals surface area contributed by atoms with Crippen molar-refractivity contribution in [2.24, 2.45) is 0 Å². The summed E-state index contributed by atoms with van der Waals surface area (Å²) < 4.78 is 13.1. The van der Waals surface area contributed by atoms with Gasteiger partial charge in [-0.3, -0.25) is 0 Å². The van der Waals surface area contributed by atoms with Crippen molar-refractivity contribution < 1.29 is 4.39 Å². The van der Waals surface area contributed by atoms with E-state index in [1.165, 1.54) is 23.5 Å². The molecular formula is C13H9FN2S. The quantitative estimate of drug-likeness (QED) is 0.810. The van der Waals surface area contributed by atoms with Gasteiger partial charge in [-0.2, -0.15) is 5.26 Å². The van der Waals surface area contributed by atoms with E-state index in [4.69, 9.17) is 5.26 Å². The molecule has 0 spiro atoms. The number of rotatable bonds is 2. The molecule has 1 aromatic carbocycles. The number of nitrogens with zero attached hydrogens (tertiary/aromatic N) is 2. The molecule has 0 N–H and O–H groups in total. The second kappa shape index (κ2) is 3.64. The zero-order valence-electron chi connectivity index (χ0n) is 8.98. The van der Waals surface area contributed by atoms with E-state index in [9.17, 15) is 4.39 Å². The number of hydrogen-bond donors (Lipinski definition) is 0. The lowest BCUT2D eigenvalue weighted by atomic mass is 10.1. The Labute approximate surface area is 102 Å². The van der Waals surface area contributed by atoms with E-state index in [1.54, 1.807) is 6.07 Å².